The molecule has 0 aliphatic rings. The number of hydrogen-bond acceptors (Lipinski definition) is 3. The number of aromatic nitrogens is 3. The van der Waals surface area contributed by atoms with Crippen LogP contribution in [-0.2, 0) is 0 Å². The number of pyridine rings is 1. The topological polar surface area (TPSA) is 38.7 Å². The molecule has 24 heavy (non-hydrogen) atoms. The van der Waals surface area contributed by atoms with E-state index in [-0.39, 0.29) is 0 Å². The van der Waals surface area contributed by atoms with Gasteiger partial charge in [0.2, 0.25) is 0 Å². The van der Waals surface area contributed by atoms with Crippen molar-refractivity contribution < 1.29 is 0 Å². The molecule has 0 aliphatic carbocycles. The third kappa shape index (κ3) is 2.63. The molecule has 0 unspecified atom stereocenters. The number of fused-ring (bicyclic) bond motifs is 1. The smallest absolute Gasteiger partial charge is 0.179 e. The average Bonchev–Trinajstić information content (AvgIpc) is 2.64. The van der Waals surface area contributed by atoms with Gasteiger partial charge in [-0.2, -0.15) is 0 Å². The van der Waals surface area contributed by atoms with Crippen LogP contribution in [0.2, 0.25) is 5.02 Å². The number of nitrogens with zero attached hydrogens (tertiary/aromatic N) is 3. The summed E-state index contributed by atoms with van der Waals surface area (Å²) in [5.74, 6) is 0.604. The molecule has 116 valence electrons. The maximum atomic E-state index is 6.09. The van der Waals surface area contributed by atoms with Crippen LogP contribution >= 0.6 is 11.6 Å². The Labute approximate surface area is 145 Å². The molecule has 0 atom stereocenters. The third-order valence-electron chi connectivity index (χ3n) is 3.90. The van der Waals surface area contributed by atoms with Gasteiger partial charge in [-0.05, 0) is 25.1 Å². The van der Waals surface area contributed by atoms with Gasteiger partial charge in [-0.3, -0.25) is 0 Å². The number of aryl methyl sites for hydroxylation is 1. The molecule has 0 spiro atoms. The minimum absolute atomic E-state index is 0.604. The van der Waals surface area contributed by atoms with Gasteiger partial charge in [0.05, 0.1) is 21.9 Å². The second-order valence-corrected chi connectivity index (χ2v) is 5.95. The zero-order chi connectivity index (χ0) is 16.5. The monoisotopic (exact) mass is 331 g/mol. The summed E-state index contributed by atoms with van der Waals surface area (Å²) in [6.45, 7) is 1.88. The van der Waals surface area contributed by atoms with Crippen molar-refractivity contribution in [1.82, 2.24) is 15.0 Å². The quantitative estimate of drug-likeness (QED) is 0.499. The fourth-order valence-electron chi connectivity index (χ4n) is 2.68. The fraction of sp³-hybridized carbons (Fsp3) is 0.0500. The van der Waals surface area contributed by atoms with Crippen molar-refractivity contribution in [3.05, 3.63) is 77.4 Å². The molecule has 3 nitrogen and oxygen atoms in total. The first-order valence-corrected chi connectivity index (χ1v) is 8.06. The number of rotatable bonds is 2. The molecular formula is C20H14ClN3. The molecular weight excluding hydrogens is 318 g/mol. The van der Waals surface area contributed by atoms with Gasteiger partial charge in [-0.15, -0.1) is 0 Å². The lowest BCUT2D eigenvalue weighted by Crippen LogP contribution is -1.97. The first-order valence-electron chi connectivity index (χ1n) is 7.68. The van der Waals surface area contributed by atoms with Crippen LogP contribution in [0.1, 0.15) is 5.69 Å². The van der Waals surface area contributed by atoms with Crippen LogP contribution in [0.15, 0.2) is 66.7 Å². The second kappa shape index (κ2) is 6.02. The minimum atomic E-state index is 0.604. The maximum Gasteiger partial charge on any atom is 0.179 e. The summed E-state index contributed by atoms with van der Waals surface area (Å²) < 4.78 is 0. The highest BCUT2D eigenvalue weighted by Gasteiger charge is 2.12. The highest BCUT2D eigenvalue weighted by molar-refractivity contribution is 6.31. The Bertz CT molecular complexity index is 1030. The Morgan fingerprint density at radius 3 is 2.29 bits per heavy atom. The molecule has 2 heterocycles. The Morgan fingerprint density at radius 1 is 0.750 bits per heavy atom. The molecule has 2 aromatic heterocycles. The van der Waals surface area contributed by atoms with E-state index in [2.05, 4.69) is 22.1 Å². The molecule has 4 aromatic rings. The number of halogens is 1. The molecule has 2 aromatic carbocycles. The van der Waals surface area contributed by atoms with Crippen molar-refractivity contribution >= 4 is 22.5 Å². The standard InChI is InChI=1S/C20H14ClN3/c1-13-16(21)11-12-18(22-13)20-23-17-10-6-5-9-15(17)19(24-20)14-7-3-2-4-8-14/h2-12H,1H3. The van der Waals surface area contributed by atoms with Crippen molar-refractivity contribution in [2.75, 3.05) is 0 Å². The highest BCUT2D eigenvalue weighted by atomic mass is 35.5. The first kappa shape index (κ1) is 14.8. The second-order valence-electron chi connectivity index (χ2n) is 5.54. The normalized spacial score (nSPS) is 10.9. The summed E-state index contributed by atoms with van der Waals surface area (Å²) >= 11 is 6.09. The zero-order valence-corrected chi connectivity index (χ0v) is 13.8. The van der Waals surface area contributed by atoms with Gasteiger partial charge >= 0.3 is 0 Å². The van der Waals surface area contributed by atoms with Crippen LogP contribution in [-0.4, -0.2) is 15.0 Å². The van der Waals surface area contributed by atoms with Crippen LogP contribution in [0.3, 0.4) is 0 Å². The summed E-state index contributed by atoms with van der Waals surface area (Å²) in [6, 6.07) is 21.8. The predicted molar refractivity (Wildman–Crippen MR) is 98.0 cm³/mol. The van der Waals surface area contributed by atoms with Crippen molar-refractivity contribution in [2.24, 2.45) is 0 Å². The van der Waals surface area contributed by atoms with Crippen LogP contribution in [0, 0.1) is 6.92 Å². The van der Waals surface area contributed by atoms with Gasteiger partial charge in [0.25, 0.3) is 0 Å². The van der Waals surface area contributed by atoms with Gasteiger partial charge in [-0.25, -0.2) is 15.0 Å². The van der Waals surface area contributed by atoms with E-state index in [0.29, 0.717) is 10.8 Å². The summed E-state index contributed by atoms with van der Waals surface area (Å²) in [5.41, 5.74) is 4.36. The maximum absolute atomic E-state index is 6.09. The molecule has 0 saturated heterocycles. The van der Waals surface area contributed by atoms with Gasteiger partial charge in [0.15, 0.2) is 5.82 Å². The summed E-state index contributed by atoms with van der Waals surface area (Å²) in [6.07, 6.45) is 0. The van der Waals surface area contributed by atoms with Gasteiger partial charge in [0.1, 0.15) is 5.69 Å². The van der Waals surface area contributed by atoms with E-state index >= 15 is 0 Å². The van der Waals surface area contributed by atoms with E-state index in [1.54, 1.807) is 0 Å². The molecule has 4 heteroatoms. The average molecular weight is 332 g/mol. The SMILES string of the molecule is Cc1nc(-c2nc(-c3ccccc3)c3ccccc3n2)ccc1Cl. The molecule has 0 fully saturated rings. The minimum Gasteiger partial charge on any atom is -0.248 e. The Kier molecular flexibility index (Phi) is 3.71. The van der Waals surface area contributed by atoms with Gasteiger partial charge in [0, 0.05) is 10.9 Å². The van der Waals surface area contributed by atoms with Gasteiger partial charge in [-0.1, -0.05) is 60.1 Å². The molecule has 0 N–H and O–H groups in total. The fourth-order valence-corrected chi connectivity index (χ4v) is 2.78. The van der Waals surface area contributed by atoms with Crippen LogP contribution in [0.5, 0.6) is 0 Å². The largest absolute Gasteiger partial charge is 0.248 e. The predicted octanol–water partition coefficient (Wildman–Crippen LogP) is 5.32. The van der Waals surface area contributed by atoms with Crippen molar-refractivity contribution in [2.45, 2.75) is 6.92 Å². The van der Waals surface area contributed by atoms with E-state index in [9.17, 15) is 0 Å². The van der Waals surface area contributed by atoms with Crippen LogP contribution < -0.4 is 0 Å². The molecule has 0 aliphatic heterocycles. The molecule has 0 saturated carbocycles. The van der Waals surface area contributed by atoms with Crippen molar-refractivity contribution in [1.29, 1.82) is 0 Å². The zero-order valence-electron chi connectivity index (χ0n) is 13.1. The van der Waals surface area contributed by atoms with E-state index < -0.39 is 0 Å². The molecule has 4 rings (SSSR count). The number of para-hydroxylation sites is 1. The Morgan fingerprint density at radius 2 is 1.50 bits per heavy atom. The Balaban J connectivity index is 1.99. The highest BCUT2D eigenvalue weighted by Crippen LogP contribution is 2.28. The summed E-state index contributed by atoms with van der Waals surface area (Å²) in [5, 5.41) is 1.67. The van der Waals surface area contributed by atoms with Crippen LogP contribution in [0.25, 0.3) is 33.7 Å². The van der Waals surface area contributed by atoms with E-state index in [1.165, 1.54) is 0 Å². The molecule has 0 bridgehead atoms. The van der Waals surface area contributed by atoms with Gasteiger partial charge < -0.3 is 0 Å². The first-order chi connectivity index (χ1) is 11.7. The lowest BCUT2D eigenvalue weighted by atomic mass is 10.1. The van der Waals surface area contributed by atoms with Crippen molar-refractivity contribution in [3.63, 3.8) is 0 Å². The van der Waals surface area contributed by atoms with Crippen molar-refractivity contribution in [3.8, 4) is 22.8 Å². The molecule has 0 radical (unpaired) electrons. The lowest BCUT2D eigenvalue weighted by molar-refractivity contribution is 1.14. The van der Waals surface area contributed by atoms with Crippen LogP contribution in [0.4, 0.5) is 0 Å². The number of benzene rings is 2. The summed E-state index contributed by atoms with van der Waals surface area (Å²) in [4.78, 5) is 14.0. The molecule has 0 amide bonds. The number of hydrogen-bond donors (Lipinski definition) is 0. The third-order valence-corrected chi connectivity index (χ3v) is 4.30. The van der Waals surface area contributed by atoms with E-state index in [4.69, 9.17) is 16.6 Å². The van der Waals surface area contributed by atoms with E-state index in [1.807, 2.05) is 61.5 Å². The van der Waals surface area contributed by atoms with E-state index in [0.717, 1.165) is 33.5 Å². The summed E-state index contributed by atoms with van der Waals surface area (Å²) in [7, 11) is 0. The Hall–Kier alpha value is -2.78. The lowest BCUT2D eigenvalue weighted by Gasteiger charge is -2.09.